The Kier molecular flexibility index (Phi) is 3.25. The lowest BCUT2D eigenvalue weighted by Gasteiger charge is -2.32. The third-order valence-electron chi connectivity index (χ3n) is 3.79. The number of piperazine rings is 1. The molecule has 21 heavy (non-hydrogen) atoms. The van der Waals surface area contributed by atoms with Gasteiger partial charge in [-0.2, -0.15) is 0 Å². The van der Waals surface area contributed by atoms with Gasteiger partial charge in [0.15, 0.2) is 5.58 Å². The topological polar surface area (TPSA) is 75.8 Å². The largest absolute Gasteiger partial charge is 0.419 e. The number of carbonyl (C=O) groups is 2. The molecule has 110 valence electrons. The van der Waals surface area contributed by atoms with Crippen molar-refractivity contribution < 1.29 is 14.0 Å². The maximum absolute atomic E-state index is 12.4. The molecule has 2 amide bonds. The van der Waals surface area contributed by atoms with Crippen LogP contribution in [0.1, 0.15) is 10.4 Å². The summed E-state index contributed by atoms with van der Waals surface area (Å²) < 4.78 is 6.49. The number of aryl methyl sites for hydroxylation is 1. The van der Waals surface area contributed by atoms with E-state index in [1.165, 1.54) is 4.57 Å². The standard InChI is InChI=1S/C14H15N3O4/c1-15-11-3-2-10(8-12(11)21-14(15)20)13(19)17-6-4-16(9-18)5-7-17/h2-3,8-9H,4-7H2,1H3. The number of nitrogens with zero attached hydrogens (tertiary/aromatic N) is 3. The smallest absolute Gasteiger partial charge is 0.408 e. The van der Waals surface area contributed by atoms with Gasteiger partial charge < -0.3 is 14.2 Å². The van der Waals surface area contributed by atoms with Crippen LogP contribution in [0, 0.1) is 0 Å². The minimum absolute atomic E-state index is 0.117. The third kappa shape index (κ3) is 2.31. The Labute approximate surface area is 120 Å². The molecule has 1 fully saturated rings. The van der Waals surface area contributed by atoms with E-state index in [1.54, 1.807) is 35.0 Å². The fourth-order valence-corrected chi connectivity index (χ4v) is 2.48. The molecule has 1 saturated heterocycles. The van der Waals surface area contributed by atoms with Crippen molar-refractivity contribution in [3.63, 3.8) is 0 Å². The van der Waals surface area contributed by atoms with Crippen LogP contribution in [0.2, 0.25) is 0 Å². The first-order valence-electron chi connectivity index (χ1n) is 6.68. The molecule has 0 unspecified atom stereocenters. The van der Waals surface area contributed by atoms with E-state index in [4.69, 9.17) is 4.42 Å². The summed E-state index contributed by atoms with van der Waals surface area (Å²) in [5.41, 5.74) is 1.54. The summed E-state index contributed by atoms with van der Waals surface area (Å²) in [6.45, 7) is 2.10. The van der Waals surface area contributed by atoms with E-state index in [2.05, 4.69) is 0 Å². The van der Waals surface area contributed by atoms with Gasteiger partial charge in [0.05, 0.1) is 5.52 Å². The molecular weight excluding hydrogens is 274 g/mol. The second kappa shape index (κ2) is 5.08. The zero-order valence-electron chi connectivity index (χ0n) is 11.6. The summed E-state index contributed by atoms with van der Waals surface area (Å²) in [5.74, 6) is -0.567. The molecule has 1 aliphatic rings. The lowest BCUT2D eigenvalue weighted by atomic mass is 10.1. The Morgan fingerprint density at radius 1 is 1.24 bits per heavy atom. The Balaban J connectivity index is 1.85. The molecule has 0 bridgehead atoms. The second-order valence-corrected chi connectivity index (χ2v) is 5.04. The Hall–Kier alpha value is -2.57. The number of amides is 2. The third-order valence-corrected chi connectivity index (χ3v) is 3.79. The molecule has 2 aromatic rings. The van der Waals surface area contributed by atoms with Gasteiger partial charge in [0.1, 0.15) is 0 Å². The van der Waals surface area contributed by atoms with Crippen molar-refractivity contribution in [1.29, 1.82) is 0 Å². The summed E-state index contributed by atoms with van der Waals surface area (Å²) in [7, 11) is 1.62. The molecule has 0 N–H and O–H groups in total. The number of aromatic nitrogens is 1. The fourth-order valence-electron chi connectivity index (χ4n) is 2.48. The monoisotopic (exact) mass is 289 g/mol. The van der Waals surface area contributed by atoms with Crippen molar-refractivity contribution in [1.82, 2.24) is 14.4 Å². The molecule has 0 aliphatic carbocycles. The van der Waals surface area contributed by atoms with Crippen molar-refractivity contribution in [2.75, 3.05) is 26.2 Å². The minimum Gasteiger partial charge on any atom is -0.408 e. The van der Waals surface area contributed by atoms with E-state index in [1.807, 2.05) is 0 Å². The molecule has 7 heteroatoms. The number of oxazole rings is 1. The molecule has 0 atom stereocenters. The highest BCUT2D eigenvalue weighted by atomic mass is 16.4. The molecular formula is C14H15N3O4. The van der Waals surface area contributed by atoms with Gasteiger partial charge in [0.2, 0.25) is 6.41 Å². The fraction of sp³-hybridized carbons (Fsp3) is 0.357. The SMILES string of the molecule is Cn1c(=O)oc2cc(C(=O)N3CCN(C=O)CC3)ccc21. The quantitative estimate of drug-likeness (QED) is 0.732. The van der Waals surface area contributed by atoms with Gasteiger partial charge >= 0.3 is 5.76 Å². The number of carbonyl (C=O) groups excluding carboxylic acids is 2. The van der Waals surface area contributed by atoms with Gasteiger partial charge in [-0.1, -0.05) is 0 Å². The van der Waals surface area contributed by atoms with Gasteiger partial charge in [0.25, 0.3) is 5.91 Å². The van der Waals surface area contributed by atoms with Crippen molar-refractivity contribution in [2.45, 2.75) is 0 Å². The number of hydrogen-bond acceptors (Lipinski definition) is 4. The molecule has 0 spiro atoms. The van der Waals surface area contributed by atoms with Gasteiger partial charge in [-0.05, 0) is 18.2 Å². The summed E-state index contributed by atoms with van der Waals surface area (Å²) >= 11 is 0. The summed E-state index contributed by atoms with van der Waals surface area (Å²) in [5, 5.41) is 0. The van der Waals surface area contributed by atoms with Crippen LogP contribution in [-0.4, -0.2) is 52.9 Å². The first-order chi connectivity index (χ1) is 10.1. The van der Waals surface area contributed by atoms with Crippen LogP contribution in [0.5, 0.6) is 0 Å². The lowest BCUT2D eigenvalue weighted by molar-refractivity contribution is -0.119. The van der Waals surface area contributed by atoms with Crippen LogP contribution in [0.15, 0.2) is 27.4 Å². The van der Waals surface area contributed by atoms with Crippen LogP contribution >= 0.6 is 0 Å². The molecule has 1 aromatic carbocycles. The highest BCUT2D eigenvalue weighted by Crippen LogP contribution is 2.16. The Morgan fingerprint density at radius 2 is 1.95 bits per heavy atom. The molecule has 3 rings (SSSR count). The highest BCUT2D eigenvalue weighted by Gasteiger charge is 2.22. The maximum atomic E-state index is 12.4. The van der Waals surface area contributed by atoms with E-state index < -0.39 is 5.76 Å². The average Bonchev–Trinajstić information content (AvgIpc) is 2.81. The van der Waals surface area contributed by atoms with Crippen molar-refractivity contribution >= 4 is 23.4 Å². The number of benzene rings is 1. The molecule has 7 nitrogen and oxygen atoms in total. The summed E-state index contributed by atoms with van der Waals surface area (Å²) in [6.07, 6.45) is 0.798. The van der Waals surface area contributed by atoms with Gasteiger partial charge in [-0.3, -0.25) is 14.2 Å². The second-order valence-electron chi connectivity index (χ2n) is 5.04. The van der Waals surface area contributed by atoms with E-state index >= 15 is 0 Å². The zero-order chi connectivity index (χ0) is 15.0. The lowest BCUT2D eigenvalue weighted by Crippen LogP contribution is -2.48. The van der Waals surface area contributed by atoms with Crippen molar-refractivity contribution in [2.24, 2.45) is 7.05 Å². The molecule has 2 heterocycles. The first-order valence-corrected chi connectivity index (χ1v) is 6.68. The van der Waals surface area contributed by atoms with Crippen LogP contribution < -0.4 is 5.76 Å². The van der Waals surface area contributed by atoms with Crippen LogP contribution in [0.3, 0.4) is 0 Å². The Bertz CT molecular complexity index is 753. The van der Waals surface area contributed by atoms with Gasteiger partial charge in [0, 0.05) is 38.8 Å². The maximum Gasteiger partial charge on any atom is 0.419 e. The van der Waals surface area contributed by atoms with Crippen LogP contribution in [0.4, 0.5) is 0 Å². The van der Waals surface area contributed by atoms with E-state index in [-0.39, 0.29) is 5.91 Å². The average molecular weight is 289 g/mol. The normalized spacial score (nSPS) is 15.5. The number of hydrogen-bond donors (Lipinski definition) is 0. The van der Waals surface area contributed by atoms with E-state index in [0.29, 0.717) is 42.8 Å². The van der Waals surface area contributed by atoms with Crippen LogP contribution in [-0.2, 0) is 11.8 Å². The van der Waals surface area contributed by atoms with Gasteiger partial charge in [-0.25, -0.2) is 4.79 Å². The summed E-state index contributed by atoms with van der Waals surface area (Å²) in [6, 6.07) is 4.98. The van der Waals surface area contributed by atoms with Crippen molar-refractivity contribution in [3.8, 4) is 0 Å². The zero-order valence-corrected chi connectivity index (χ0v) is 11.6. The van der Waals surface area contributed by atoms with Gasteiger partial charge in [-0.15, -0.1) is 0 Å². The molecule has 1 aromatic heterocycles. The van der Waals surface area contributed by atoms with Crippen molar-refractivity contribution in [3.05, 3.63) is 34.3 Å². The minimum atomic E-state index is -0.450. The van der Waals surface area contributed by atoms with Crippen LogP contribution in [0.25, 0.3) is 11.1 Å². The predicted molar refractivity (Wildman–Crippen MR) is 75.0 cm³/mol. The highest BCUT2D eigenvalue weighted by molar-refractivity contribution is 5.97. The molecule has 0 saturated carbocycles. The predicted octanol–water partition coefficient (Wildman–Crippen LogP) is 0.0457. The molecule has 1 aliphatic heterocycles. The Morgan fingerprint density at radius 3 is 2.62 bits per heavy atom. The van der Waals surface area contributed by atoms with E-state index in [9.17, 15) is 14.4 Å². The number of fused-ring (bicyclic) bond motifs is 1. The summed E-state index contributed by atoms with van der Waals surface area (Å²) in [4.78, 5) is 37.9. The molecule has 0 radical (unpaired) electrons. The first kappa shape index (κ1) is 13.4. The van der Waals surface area contributed by atoms with E-state index in [0.717, 1.165) is 6.41 Å². The number of rotatable bonds is 2.